The van der Waals surface area contributed by atoms with Gasteiger partial charge in [-0.1, -0.05) is 98.1 Å². The highest BCUT2D eigenvalue weighted by Gasteiger charge is 2.34. The van der Waals surface area contributed by atoms with E-state index < -0.39 is 34.3 Å². The first-order valence-corrected chi connectivity index (χ1v) is 16.9. The molecule has 0 heterocycles. The molecule has 0 unspecified atom stereocenters. The summed E-state index contributed by atoms with van der Waals surface area (Å²) in [6, 6.07) is 27.0. The Bertz CT molecular complexity index is 1690. The Kier molecular flexibility index (Phi) is 9.95. The summed E-state index contributed by atoms with van der Waals surface area (Å²) in [5.41, 5.74) is 1.87. The van der Waals surface area contributed by atoms with Gasteiger partial charge < -0.3 is 10.2 Å². The van der Waals surface area contributed by atoms with Crippen LogP contribution in [0.4, 0.5) is 10.1 Å². The molecule has 1 fully saturated rings. The van der Waals surface area contributed by atoms with Crippen LogP contribution in [0, 0.1) is 5.82 Å². The number of carbonyl (C=O) groups excluding carboxylic acids is 2. The third-order valence-electron chi connectivity index (χ3n) is 8.20. The lowest BCUT2D eigenvalue weighted by Crippen LogP contribution is -2.55. The van der Waals surface area contributed by atoms with Crippen LogP contribution in [0.2, 0.25) is 0 Å². The lowest BCUT2D eigenvalue weighted by Gasteiger charge is -2.35. The summed E-state index contributed by atoms with van der Waals surface area (Å²) < 4.78 is 41.4. The molecular formula is C35H38FN3O4S. The average molecular weight is 616 g/mol. The minimum Gasteiger partial charge on any atom is -0.352 e. The Morgan fingerprint density at radius 1 is 0.841 bits per heavy atom. The lowest BCUT2D eigenvalue weighted by molar-refractivity contribution is -0.140. The van der Waals surface area contributed by atoms with Crippen LogP contribution in [0.5, 0.6) is 0 Å². The van der Waals surface area contributed by atoms with E-state index in [1.165, 1.54) is 17.0 Å². The fourth-order valence-electron chi connectivity index (χ4n) is 5.91. The number of nitrogens with zero attached hydrogens (tertiary/aromatic N) is 2. The molecule has 4 aromatic carbocycles. The molecule has 4 aromatic rings. The zero-order valence-electron chi connectivity index (χ0n) is 24.9. The Balaban J connectivity index is 1.54. The zero-order chi connectivity index (χ0) is 31.1. The number of rotatable bonds is 11. The van der Waals surface area contributed by atoms with E-state index in [-0.39, 0.29) is 24.9 Å². The second kappa shape index (κ2) is 14.0. The van der Waals surface area contributed by atoms with E-state index in [1.807, 2.05) is 60.7 Å². The monoisotopic (exact) mass is 615 g/mol. The van der Waals surface area contributed by atoms with Crippen molar-refractivity contribution in [2.75, 3.05) is 17.1 Å². The Labute approximate surface area is 258 Å². The van der Waals surface area contributed by atoms with Crippen LogP contribution < -0.4 is 9.62 Å². The highest BCUT2D eigenvalue weighted by Crippen LogP contribution is 2.29. The van der Waals surface area contributed by atoms with Crippen molar-refractivity contribution in [3.63, 3.8) is 0 Å². The number of carbonyl (C=O) groups is 2. The van der Waals surface area contributed by atoms with Gasteiger partial charge in [-0.3, -0.25) is 13.9 Å². The van der Waals surface area contributed by atoms with Crippen LogP contribution in [0.15, 0.2) is 97.1 Å². The minimum atomic E-state index is -3.91. The maximum atomic E-state index is 14.4. The number of amides is 2. The Morgan fingerprint density at radius 3 is 2.20 bits per heavy atom. The smallest absolute Gasteiger partial charge is 0.244 e. The fourth-order valence-corrected chi connectivity index (χ4v) is 6.77. The van der Waals surface area contributed by atoms with E-state index in [4.69, 9.17) is 0 Å². The lowest BCUT2D eigenvalue weighted by atomic mass is 9.94. The highest BCUT2D eigenvalue weighted by atomic mass is 32.2. The minimum absolute atomic E-state index is 0.00182. The number of fused-ring (bicyclic) bond motifs is 1. The third-order valence-corrected chi connectivity index (χ3v) is 9.33. The van der Waals surface area contributed by atoms with Crippen LogP contribution >= 0.6 is 0 Å². The molecule has 1 atom stereocenters. The molecule has 1 N–H and O–H groups in total. The summed E-state index contributed by atoms with van der Waals surface area (Å²) >= 11 is 0. The summed E-state index contributed by atoms with van der Waals surface area (Å²) in [7, 11) is -3.91. The second-order valence-corrected chi connectivity index (χ2v) is 13.4. The molecule has 0 spiro atoms. The Hall–Kier alpha value is -4.24. The van der Waals surface area contributed by atoms with Gasteiger partial charge >= 0.3 is 0 Å². The average Bonchev–Trinajstić information content (AvgIpc) is 3.02. The molecule has 0 radical (unpaired) electrons. The molecule has 2 amide bonds. The highest BCUT2D eigenvalue weighted by molar-refractivity contribution is 7.92. The summed E-state index contributed by atoms with van der Waals surface area (Å²) in [6.07, 6.45) is 6.24. The van der Waals surface area contributed by atoms with Crippen LogP contribution in [-0.4, -0.2) is 50.0 Å². The number of halogens is 1. The van der Waals surface area contributed by atoms with Gasteiger partial charge in [0.15, 0.2) is 0 Å². The van der Waals surface area contributed by atoms with Crippen molar-refractivity contribution in [3.8, 4) is 0 Å². The molecule has 1 saturated carbocycles. The van der Waals surface area contributed by atoms with Gasteiger partial charge in [0, 0.05) is 24.4 Å². The first-order valence-electron chi connectivity index (χ1n) is 15.0. The number of anilines is 1. The topological polar surface area (TPSA) is 86.8 Å². The van der Waals surface area contributed by atoms with E-state index in [0.29, 0.717) is 16.6 Å². The fraction of sp³-hybridized carbons (Fsp3) is 0.314. The quantitative estimate of drug-likeness (QED) is 0.230. The van der Waals surface area contributed by atoms with E-state index in [1.54, 1.807) is 24.3 Å². The normalized spacial score (nSPS) is 14.6. The van der Waals surface area contributed by atoms with Gasteiger partial charge in [-0.15, -0.1) is 0 Å². The first-order chi connectivity index (χ1) is 21.2. The van der Waals surface area contributed by atoms with Crippen molar-refractivity contribution >= 4 is 38.3 Å². The molecule has 0 aromatic heterocycles. The van der Waals surface area contributed by atoms with Gasteiger partial charge in [0.2, 0.25) is 21.8 Å². The first kappa shape index (κ1) is 31.2. The number of hydrogen-bond acceptors (Lipinski definition) is 4. The van der Waals surface area contributed by atoms with E-state index in [0.717, 1.165) is 53.6 Å². The molecule has 1 aliphatic carbocycles. The molecule has 0 aliphatic heterocycles. The van der Waals surface area contributed by atoms with Gasteiger partial charge in [0.25, 0.3) is 0 Å². The van der Waals surface area contributed by atoms with Gasteiger partial charge in [0.05, 0.1) is 11.9 Å². The number of hydrogen-bond donors (Lipinski definition) is 1. The largest absolute Gasteiger partial charge is 0.352 e. The standard InChI is InChI=1S/C35H38FN3O4S/c1-44(42,43)39(32-18-10-14-28-13-8-9-17-31(28)32)25-34(40)38(24-27-19-21-29(36)22-20-27)33(23-26-11-4-2-5-12-26)35(41)37-30-15-6-3-7-16-30/h2,4-5,8-14,17-22,30,33H,3,6-7,15-16,23-25H2,1H3,(H,37,41)/t33-/m0/s1. The van der Waals surface area contributed by atoms with E-state index in [2.05, 4.69) is 5.32 Å². The number of benzene rings is 4. The van der Waals surface area contributed by atoms with Crippen LogP contribution in [0.3, 0.4) is 0 Å². The molecule has 44 heavy (non-hydrogen) atoms. The molecule has 0 bridgehead atoms. The van der Waals surface area contributed by atoms with Crippen LogP contribution in [0.25, 0.3) is 10.8 Å². The van der Waals surface area contributed by atoms with Gasteiger partial charge in [-0.05, 0) is 47.6 Å². The maximum Gasteiger partial charge on any atom is 0.244 e. The van der Waals surface area contributed by atoms with Crippen molar-refractivity contribution in [2.24, 2.45) is 0 Å². The van der Waals surface area contributed by atoms with E-state index >= 15 is 0 Å². The maximum absolute atomic E-state index is 14.4. The summed E-state index contributed by atoms with van der Waals surface area (Å²) in [5.74, 6) is -1.23. The summed E-state index contributed by atoms with van der Waals surface area (Å²) in [5, 5.41) is 4.71. The third kappa shape index (κ3) is 7.82. The summed E-state index contributed by atoms with van der Waals surface area (Å²) in [6.45, 7) is -0.502. The summed E-state index contributed by atoms with van der Waals surface area (Å²) in [4.78, 5) is 29.9. The molecule has 7 nitrogen and oxygen atoms in total. The molecular weight excluding hydrogens is 577 g/mol. The van der Waals surface area contributed by atoms with Crippen molar-refractivity contribution < 1.29 is 22.4 Å². The molecule has 230 valence electrons. The second-order valence-electron chi connectivity index (χ2n) is 11.5. The van der Waals surface area contributed by atoms with Crippen molar-refractivity contribution in [1.82, 2.24) is 10.2 Å². The van der Waals surface area contributed by atoms with E-state index in [9.17, 15) is 22.4 Å². The van der Waals surface area contributed by atoms with Crippen molar-refractivity contribution in [1.29, 1.82) is 0 Å². The van der Waals surface area contributed by atoms with Crippen LogP contribution in [0.1, 0.15) is 43.2 Å². The SMILES string of the molecule is CS(=O)(=O)N(CC(=O)N(Cc1ccc(F)cc1)[C@@H](Cc1ccccc1)C(=O)NC1CCCCC1)c1cccc2ccccc12. The van der Waals surface area contributed by atoms with Gasteiger partial charge in [-0.2, -0.15) is 0 Å². The molecule has 9 heteroatoms. The molecule has 1 aliphatic rings. The Morgan fingerprint density at radius 2 is 1.50 bits per heavy atom. The van der Waals surface area contributed by atoms with Gasteiger partial charge in [0.1, 0.15) is 18.4 Å². The van der Waals surface area contributed by atoms with Crippen LogP contribution in [-0.2, 0) is 32.6 Å². The predicted octanol–water partition coefficient (Wildman–Crippen LogP) is 5.83. The zero-order valence-corrected chi connectivity index (χ0v) is 25.7. The number of nitrogens with one attached hydrogen (secondary N) is 1. The van der Waals surface area contributed by atoms with Crippen molar-refractivity contribution in [2.45, 2.75) is 57.2 Å². The van der Waals surface area contributed by atoms with Crippen molar-refractivity contribution in [3.05, 3.63) is 114 Å². The molecule has 5 rings (SSSR count). The predicted molar refractivity (Wildman–Crippen MR) is 172 cm³/mol. The van der Waals surface area contributed by atoms with Gasteiger partial charge in [-0.25, -0.2) is 12.8 Å². The number of sulfonamides is 1. The molecule has 0 saturated heterocycles.